The van der Waals surface area contributed by atoms with Crippen LogP contribution in [-0.4, -0.2) is 19.5 Å². The molecule has 2 nitrogen and oxygen atoms in total. The molecule has 2 fully saturated rings. The molecule has 2 aromatic carbocycles. The SMILES string of the molecule is Fc1cc(C2=CCC(C3OCC(C4CC4)CO3)CC2)ccc1-c1cc(F)c(F)c(F)c1. The number of ether oxygens (including phenoxy) is 2. The number of hydrogen-bond acceptors (Lipinski definition) is 2. The first-order chi connectivity index (χ1) is 15.0. The molecule has 0 aromatic heterocycles. The normalized spacial score (nSPS) is 26.6. The van der Waals surface area contributed by atoms with Gasteiger partial charge in [0.25, 0.3) is 0 Å². The molecular formula is C25H24F4O2. The minimum absolute atomic E-state index is 0.0325. The summed E-state index contributed by atoms with van der Waals surface area (Å²) < 4.78 is 66.9. The molecule has 2 aliphatic carbocycles. The lowest BCUT2D eigenvalue weighted by molar-refractivity contribution is -0.227. The van der Waals surface area contributed by atoms with Crippen LogP contribution in [0.25, 0.3) is 16.7 Å². The van der Waals surface area contributed by atoms with Crippen LogP contribution in [-0.2, 0) is 9.47 Å². The lowest BCUT2D eigenvalue weighted by Gasteiger charge is -2.35. The number of rotatable bonds is 4. The van der Waals surface area contributed by atoms with Crippen molar-refractivity contribution in [2.24, 2.45) is 17.8 Å². The van der Waals surface area contributed by atoms with Gasteiger partial charge in [-0.15, -0.1) is 0 Å². The molecule has 1 heterocycles. The zero-order valence-electron chi connectivity index (χ0n) is 17.1. The third-order valence-corrected chi connectivity index (χ3v) is 6.71. The van der Waals surface area contributed by atoms with Gasteiger partial charge in [-0.1, -0.05) is 18.2 Å². The van der Waals surface area contributed by atoms with Crippen molar-refractivity contribution in [1.29, 1.82) is 0 Å². The highest BCUT2D eigenvalue weighted by atomic mass is 19.2. The fourth-order valence-corrected chi connectivity index (χ4v) is 4.67. The van der Waals surface area contributed by atoms with E-state index in [1.165, 1.54) is 25.0 Å². The average Bonchev–Trinajstić information content (AvgIpc) is 3.63. The van der Waals surface area contributed by atoms with Crippen molar-refractivity contribution in [2.45, 2.75) is 38.4 Å². The van der Waals surface area contributed by atoms with Crippen LogP contribution < -0.4 is 0 Å². The molecule has 1 aliphatic heterocycles. The second kappa shape index (κ2) is 8.40. The Morgan fingerprint density at radius 2 is 1.39 bits per heavy atom. The summed E-state index contributed by atoms with van der Waals surface area (Å²) in [6, 6.07) is 6.19. The number of halogens is 4. The van der Waals surface area contributed by atoms with Gasteiger partial charge < -0.3 is 9.47 Å². The van der Waals surface area contributed by atoms with E-state index in [2.05, 4.69) is 6.08 Å². The molecule has 1 unspecified atom stereocenters. The van der Waals surface area contributed by atoms with Crippen LogP contribution in [0.3, 0.4) is 0 Å². The van der Waals surface area contributed by atoms with Crippen molar-refractivity contribution in [3.8, 4) is 11.1 Å². The van der Waals surface area contributed by atoms with Gasteiger partial charge in [0, 0.05) is 17.4 Å². The van der Waals surface area contributed by atoms with Crippen molar-refractivity contribution >= 4 is 5.57 Å². The van der Waals surface area contributed by atoms with Crippen molar-refractivity contribution < 1.29 is 27.0 Å². The Morgan fingerprint density at radius 1 is 0.710 bits per heavy atom. The molecule has 3 aliphatic rings. The van der Waals surface area contributed by atoms with Gasteiger partial charge in [-0.2, -0.15) is 0 Å². The molecule has 2 aromatic rings. The predicted molar refractivity (Wildman–Crippen MR) is 109 cm³/mol. The van der Waals surface area contributed by atoms with Crippen molar-refractivity contribution in [2.75, 3.05) is 13.2 Å². The van der Waals surface area contributed by atoms with Gasteiger partial charge in [0.05, 0.1) is 13.2 Å². The van der Waals surface area contributed by atoms with Gasteiger partial charge in [-0.3, -0.25) is 0 Å². The monoisotopic (exact) mass is 432 g/mol. The molecule has 31 heavy (non-hydrogen) atoms. The highest BCUT2D eigenvalue weighted by Gasteiger charge is 2.37. The second-order valence-electron chi connectivity index (χ2n) is 8.84. The summed E-state index contributed by atoms with van der Waals surface area (Å²) in [7, 11) is 0. The highest BCUT2D eigenvalue weighted by Crippen LogP contribution is 2.41. The van der Waals surface area contributed by atoms with Gasteiger partial charge in [-0.25, -0.2) is 17.6 Å². The Kier molecular flexibility index (Phi) is 5.61. The summed E-state index contributed by atoms with van der Waals surface area (Å²) in [4.78, 5) is 0. The third-order valence-electron chi connectivity index (χ3n) is 6.71. The van der Waals surface area contributed by atoms with Crippen molar-refractivity contribution in [3.05, 3.63) is 65.2 Å². The van der Waals surface area contributed by atoms with Gasteiger partial charge in [0.1, 0.15) is 5.82 Å². The standard InChI is InChI=1S/C25H24F4O2/c26-21-9-17(7-8-20(21)18-10-22(27)24(29)23(28)11-18)14-3-5-16(6-4-14)25-30-12-19(13-31-25)15-1-2-15/h3,7-11,15-16,19,25H,1-2,4-6,12-13H2. The lowest BCUT2D eigenvalue weighted by Crippen LogP contribution is -2.38. The maximum atomic E-state index is 14.7. The first-order valence-electron chi connectivity index (χ1n) is 10.9. The zero-order chi connectivity index (χ0) is 21.5. The van der Waals surface area contributed by atoms with E-state index in [0.29, 0.717) is 5.92 Å². The molecule has 1 atom stereocenters. The van der Waals surface area contributed by atoms with E-state index in [1.54, 1.807) is 6.07 Å². The van der Waals surface area contributed by atoms with E-state index >= 15 is 0 Å². The predicted octanol–water partition coefficient (Wildman–Crippen LogP) is 6.49. The van der Waals surface area contributed by atoms with Gasteiger partial charge in [0.15, 0.2) is 23.7 Å². The molecule has 164 valence electrons. The maximum Gasteiger partial charge on any atom is 0.194 e. The fraction of sp³-hybridized carbons (Fsp3) is 0.440. The summed E-state index contributed by atoms with van der Waals surface area (Å²) in [5, 5.41) is 0. The van der Waals surface area contributed by atoms with E-state index in [-0.39, 0.29) is 23.3 Å². The average molecular weight is 432 g/mol. The number of allylic oxidation sites excluding steroid dienone is 2. The van der Waals surface area contributed by atoms with E-state index in [9.17, 15) is 17.6 Å². The van der Waals surface area contributed by atoms with E-state index in [4.69, 9.17) is 9.47 Å². The van der Waals surface area contributed by atoms with Crippen molar-refractivity contribution in [1.82, 2.24) is 0 Å². The number of benzene rings is 2. The third kappa shape index (κ3) is 4.28. The minimum atomic E-state index is -1.56. The van der Waals surface area contributed by atoms with Crippen LogP contribution in [0.2, 0.25) is 0 Å². The molecule has 1 saturated heterocycles. The first-order valence-corrected chi connectivity index (χ1v) is 10.9. The molecule has 1 saturated carbocycles. The first kappa shape index (κ1) is 20.7. The Balaban J connectivity index is 1.26. The second-order valence-corrected chi connectivity index (χ2v) is 8.84. The molecule has 0 spiro atoms. The fourth-order valence-electron chi connectivity index (χ4n) is 4.67. The molecule has 0 radical (unpaired) electrons. The summed E-state index contributed by atoms with van der Waals surface area (Å²) in [5.41, 5.74) is 1.77. The Morgan fingerprint density at radius 3 is 1.97 bits per heavy atom. The van der Waals surface area contributed by atoms with E-state index < -0.39 is 23.3 Å². The largest absolute Gasteiger partial charge is 0.352 e. The molecule has 6 heteroatoms. The number of hydrogen-bond donors (Lipinski definition) is 0. The maximum absolute atomic E-state index is 14.7. The van der Waals surface area contributed by atoms with Crippen LogP contribution in [0.5, 0.6) is 0 Å². The smallest absolute Gasteiger partial charge is 0.194 e. The molecule has 0 N–H and O–H groups in total. The molecule has 5 rings (SSSR count). The Labute approximate surface area is 178 Å². The Hall–Kier alpha value is -2.18. The summed E-state index contributed by atoms with van der Waals surface area (Å²) >= 11 is 0. The van der Waals surface area contributed by atoms with Gasteiger partial charge in [0.2, 0.25) is 0 Å². The van der Waals surface area contributed by atoms with E-state index in [1.807, 2.05) is 0 Å². The van der Waals surface area contributed by atoms with Gasteiger partial charge in [-0.05, 0) is 72.9 Å². The van der Waals surface area contributed by atoms with Crippen LogP contribution >= 0.6 is 0 Å². The lowest BCUT2D eigenvalue weighted by atomic mass is 9.85. The van der Waals surface area contributed by atoms with Crippen LogP contribution in [0.4, 0.5) is 17.6 Å². The van der Waals surface area contributed by atoms with Crippen LogP contribution in [0.1, 0.15) is 37.7 Å². The summed E-state index contributed by atoms with van der Waals surface area (Å²) in [6.45, 7) is 1.55. The molecular weight excluding hydrogens is 408 g/mol. The highest BCUT2D eigenvalue weighted by molar-refractivity contribution is 5.71. The minimum Gasteiger partial charge on any atom is -0.352 e. The van der Waals surface area contributed by atoms with Crippen molar-refractivity contribution in [3.63, 3.8) is 0 Å². The van der Waals surface area contributed by atoms with Gasteiger partial charge >= 0.3 is 0 Å². The van der Waals surface area contributed by atoms with E-state index in [0.717, 1.165) is 61.7 Å². The summed E-state index contributed by atoms with van der Waals surface area (Å²) in [5.74, 6) is -3.23. The molecule has 0 amide bonds. The zero-order valence-corrected chi connectivity index (χ0v) is 17.1. The molecule has 0 bridgehead atoms. The topological polar surface area (TPSA) is 18.5 Å². The quantitative estimate of drug-likeness (QED) is 0.406. The Bertz CT molecular complexity index is 984. The van der Waals surface area contributed by atoms with Crippen LogP contribution in [0, 0.1) is 41.0 Å². The summed E-state index contributed by atoms with van der Waals surface area (Å²) in [6.07, 6.45) is 6.97. The van der Waals surface area contributed by atoms with Crippen LogP contribution in [0.15, 0.2) is 36.4 Å².